The highest BCUT2D eigenvalue weighted by molar-refractivity contribution is 8.00. The Hall–Kier alpha value is -2.28. The van der Waals surface area contributed by atoms with Crippen molar-refractivity contribution in [3.05, 3.63) is 52.3 Å². The van der Waals surface area contributed by atoms with E-state index in [9.17, 15) is 9.59 Å². The molecule has 0 bridgehead atoms. The van der Waals surface area contributed by atoms with Crippen molar-refractivity contribution in [1.82, 2.24) is 15.3 Å². The number of amides is 1. The molecule has 1 atom stereocenters. The van der Waals surface area contributed by atoms with Gasteiger partial charge in [0.05, 0.1) is 0 Å². The number of thioether (sulfide) groups is 1. The number of nitrogen functional groups attached to an aromatic ring is 1. The molecule has 4 N–H and O–H groups in total. The Kier molecular flexibility index (Phi) is 5.75. The van der Waals surface area contributed by atoms with Crippen LogP contribution in [0.15, 0.2) is 46.3 Å². The van der Waals surface area contributed by atoms with Crippen molar-refractivity contribution in [3.8, 4) is 0 Å². The molecule has 1 aromatic carbocycles. The number of aromatic amines is 1. The first-order valence-electron chi connectivity index (χ1n) is 8.50. The molecular weight excluding hydrogens is 336 g/mol. The van der Waals surface area contributed by atoms with Crippen LogP contribution in [0.3, 0.4) is 0 Å². The molecule has 1 aromatic heterocycles. The van der Waals surface area contributed by atoms with E-state index in [0.717, 1.165) is 31.2 Å². The Morgan fingerprint density at radius 1 is 1.24 bits per heavy atom. The number of rotatable bonds is 5. The summed E-state index contributed by atoms with van der Waals surface area (Å²) >= 11 is 1.21. The molecule has 2 aromatic rings. The van der Waals surface area contributed by atoms with Crippen molar-refractivity contribution >= 4 is 23.5 Å². The fourth-order valence-corrected chi connectivity index (χ4v) is 4.05. The Morgan fingerprint density at radius 3 is 2.64 bits per heavy atom. The van der Waals surface area contributed by atoms with Gasteiger partial charge < -0.3 is 16.0 Å². The molecule has 0 radical (unpaired) electrons. The van der Waals surface area contributed by atoms with Crippen LogP contribution in [0.4, 0.5) is 5.82 Å². The minimum Gasteiger partial charge on any atom is -0.383 e. The summed E-state index contributed by atoms with van der Waals surface area (Å²) in [5.41, 5.74) is 6.20. The number of carbonyl (C=O) groups is 1. The molecule has 0 spiro atoms. The van der Waals surface area contributed by atoms with Crippen molar-refractivity contribution in [2.24, 2.45) is 0 Å². The van der Waals surface area contributed by atoms with E-state index in [1.54, 1.807) is 0 Å². The minimum atomic E-state index is -0.493. The quantitative estimate of drug-likeness (QED) is 0.563. The number of benzene rings is 1. The molecular formula is C18H22N4O2S. The maximum absolute atomic E-state index is 12.9. The third kappa shape index (κ3) is 4.85. The molecule has 1 amide bonds. The van der Waals surface area contributed by atoms with Gasteiger partial charge in [-0.2, -0.15) is 0 Å². The summed E-state index contributed by atoms with van der Waals surface area (Å²) in [6.45, 7) is 0. The SMILES string of the molecule is Nc1cc(=O)[nH]c(SC(C(=O)NC2CCCCC2)c2ccccc2)n1. The summed E-state index contributed by atoms with van der Waals surface area (Å²) in [5.74, 6) is 0.0823. The first-order valence-corrected chi connectivity index (χ1v) is 9.38. The molecule has 1 aliphatic rings. The van der Waals surface area contributed by atoms with Crippen molar-refractivity contribution in [1.29, 1.82) is 0 Å². The first kappa shape index (κ1) is 17.5. The molecule has 132 valence electrons. The van der Waals surface area contributed by atoms with E-state index in [0.29, 0.717) is 5.16 Å². The van der Waals surface area contributed by atoms with E-state index < -0.39 is 5.25 Å². The summed E-state index contributed by atoms with van der Waals surface area (Å²) in [6.07, 6.45) is 5.57. The van der Waals surface area contributed by atoms with Gasteiger partial charge in [0, 0.05) is 12.1 Å². The van der Waals surface area contributed by atoms with E-state index in [-0.39, 0.29) is 23.3 Å². The van der Waals surface area contributed by atoms with Gasteiger partial charge in [-0.15, -0.1) is 0 Å². The van der Waals surface area contributed by atoms with Crippen LogP contribution >= 0.6 is 11.8 Å². The molecule has 25 heavy (non-hydrogen) atoms. The fraction of sp³-hybridized carbons (Fsp3) is 0.389. The van der Waals surface area contributed by atoms with E-state index in [4.69, 9.17) is 5.73 Å². The number of hydrogen-bond donors (Lipinski definition) is 3. The molecule has 1 saturated carbocycles. The van der Waals surface area contributed by atoms with Crippen molar-refractivity contribution in [2.75, 3.05) is 5.73 Å². The summed E-state index contributed by atoms with van der Waals surface area (Å²) in [7, 11) is 0. The number of nitrogens with two attached hydrogens (primary N) is 1. The lowest BCUT2D eigenvalue weighted by Gasteiger charge is -2.25. The van der Waals surface area contributed by atoms with Gasteiger partial charge in [0.1, 0.15) is 11.1 Å². The molecule has 1 heterocycles. The van der Waals surface area contributed by atoms with Gasteiger partial charge >= 0.3 is 0 Å². The molecule has 0 aliphatic heterocycles. The van der Waals surface area contributed by atoms with Crippen LogP contribution in [0.5, 0.6) is 0 Å². The highest BCUT2D eigenvalue weighted by Gasteiger charge is 2.26. The largest absolute Gasteiger partial charge is 0.383 e. The predicted molar refractivity (Wildman–Crippen MR) is 99.3 cm³/mol. The summed E-state index contributed by atoms with van der Waals surface area (Å²) in [4.78, 5) is 31.3. The van der Waals surface area contributed by atoms with Crippen LogP contribution in [0.25, 0.3) is 0 Å². The second kappa shape index (κ2) is 8.20. The number of nitrogens with one attached hydrogen (secondary N) is 2. The van der Waals surface area contributed by atoms with Gasteiger partial charge in [-0.25, -0.2) is 4.98 Å². The average Bonchev–Trinajstić information content (AvgIpc) is 2.60. The van der Waals surface area contributed by atoms with Crippen LogP contribution in [-0.4, -0.2) is 21.9 Å². The lowest BCUT2D eigenvalue weighted by atomic mass is 9.95. The summed E-state index contributed by atoms with van der Waals surface area (Å²) in [6, 6.07) is 11.0. The Balaban J connectivity index is 1.81. The lowest BCUT2D eigenvalue weighted by Crippen LogP contribution is -2.38. The van der Waals surface area contributed by atoms with Crippen LogP contribution in [0.2, 0.25) is 0 Å². The second-order valence-corrected chi connectivity index (χ2v) is 7.32. The lowest BCUT2D eigenvalue weighted by molar-refractivity contribution is -0.121. The molecule has 1 unspecified atom stereocenters. The minimum absolute atomic E-state index is 0.0619. The van der Waals surface area contributed by atoms with Gasteiger partial charge in [-0.05, 0) is 18.4 Å². The topological polar surface area (TPSA) is 101 Å². The second-order valence-electron chi connectivity index (χ2n) is 6.23. The Labute approximate surface area is 150 Å². The standard InChI is InChI=1S/C18H22N4O2S/c19-14-11-15(23)22-18(21-14)25-16(12-7-3-1-4-8-12)17(24)20-13-9-5-2-6-10-13/h1,3-4,7-8,11,13,16H,2,5-6,9-10H2,(H,20,24)(H3,19,21,22,23). The number of hydrogen-bond acceptors (Lipinski definition) is 5. The molecule has 1 fully saturated rings. The van der Waals surface area contributed by atoms with Crippen LogP contribution in [0, 0.1) is 0 Å². The zero-order valence-electron chi connectivity index (χ0n) is 13.9. The number of carbonyl (C=O) groups excluding carboxylic acids is 1. The fourth-order valence-electron chi connectivity index (χ4n) is 3.05. The van der Waals surface area contributed by atoms with E-state index in [1.165, 1.54) is 24.2 Å². The monoisotopic (exact) mass is 358 g/mol. The third-order valence-electron chi connectivity index (χ3n) is 4.26. The van der Waals surface area contributed by atoms with Gasteiger partial charge in [-0.3, -0.25) is 9.59 Å². The molecule has 3 rings (SSSR count). The predicted octanol–water partition coefficient (Wildman–Crippen LogP) is 2.63. The third-order valence-corrected chi connectivity index (χ3v) is 5.40. The molecule has 1 aliphatic carbocycles. The highest BCUT2D eigenvalue weighted by atomic mass is 32.2. The normalized spacial score (nSPS) is 16.3. The van der Waals surface area contributed by atoms with Gasteiger partial charge in [0.2, 0.25) is 5.91 Å². The van der Waals surface area contributed by atoms with Crippen molar-refractivity contribution < 1.29 is 4.79 Å². The Bertz CT molecular complexity index is 772. The number of anilines is 1. The van der Waals surface area contributed by atoms with Gasteiger partial charge in [-0.1, -0.05) is 61.4 Å². The Morgan fingerprint density at radius 2 is 1.96 bits per heavy atom. The highest BCUT2D eigenvalue weighted by Crippen LogP contribution is 2.34. The van der Waals surface area contributed by atoms with E-state index in [2.05, 4.69) is 15.3 Å². The maximum atomic E-state index is 12.9. The smallest absolute Gasteiger partial charge is 0.253 e. The average molecular weight is 358 g/mol. The number of aromatic nitrogens is 2. The molecule has 6 nitrogen and oxygen atoms in total. The van der Waals surface area contributed by atoms with Crippen molar-refractivity contribution in [3.63, 3.8) is 0 Å². The molecule has 0 saturated heterocycles. The van der Waals surface area contributed by atoms with Crippen LogP contribution in [-0.2, 0) is 4.79 Å². The van der Waals surface area contributed by atoms with E-state index in [1.807, 2.05) is 30.3 Å². The van der Waals surface area contributed by atoms with Gasteiger partial charge in [0.15, 0.2) is 5.16 Å². The summed E-state index contributed by atoms with van der Waals surface area (Å²) in [5, 5.41) is 3.01. The van der Waals surface area contributed by atoms with Crippen LogP contribution in [0.1, 0.15) is 42.9 Å². The first-order chi connectivity index (χ1) is 12.1. The summed E-state index contributed by atoms with van der Waals surface area (Å²) < 4.78 is 0. The maximum Gasteiger partial charge on any atom is 0.253 e. The van der Waals surface area contributed by atoms with Crippen LogP contribution < -0.4 is 16.6 Å². The number of H-pyrrole nitrogens is 1. The van der Waals surface area contributed by atoms with E-state index >= 15 is 0 Å². The van der Waals surface area contributed by atoms with Crippen molar-refractivity contribution in [2.45, 2.75) is 48.6 Å². The zero-order valence-corrected chi connectivity index (χ0v) is 14.7. The number of nitrogens with zero attached hydrogens (tertiary/aromatic N) is 1. The molecule has 7 heteroatoms. The van der Waals surface area contributed by atoms with Gasteiger partial charge in [0.25, 0.3) is 5.56 Å². The zero-order chi connectivity index (χ0) is 17.6.